The van der Waals surface area contributed by atoms with Crippen LogP contribution in [0.3, 0.4) is 0 Å². The molecular weight excluding hydrogens is 312 g/mol. The van der Waals surface area contributed by atoms with Crippen LogP contribution in [0.25, 0.3) is 0 Å². The summed E-state index contributed by atoms with van der Waals surface area (Å²) < 4.78 is 37.8. The Morgan fingerprint density at radius 1 is 1.00 bits per heavy atom. The zero-order valence-corrected chi connectivity index (χ0v) is 14.1. The van der Waals surface area contributed by atoms with Gasteiger partial charge in [-0.15, -0.1) is 0 Å². The van der Waals surface area contributed by atoms with Gasteiger partial charge in [0.1, 0.15) is 11.5 Å². The summed E-state index contributed by atoms with van der Waals surface area (Å²) in [7, 11) is -4.24. The number of hydrogen-bond acceptors (Lipinski definition) is 3. The maximum absolute atomic E-state index is 11.3. The second kappa shape index (κ2) is 8.13. The first-order valence-electron chi connectivity index (χ1n) is 7.84. The van der Waals surface area contributed by atoms with Crippen LogP contribution in [-0.4, -0.2) is 13.0 Å². The normalized spacial score (nSPS) is 11.4. The van der Waals surface area contributed by atoms with E-state index in [4.69, 9.17) is 4.74 Å². The Labute approximate surface area is 137 Å². The van der Waals surface area contributed by atoms with E-state index in [0.29, 0.717) is 11.5 Å². The van der Waals surface area contributed by atoms with E-state index in [-0.39, 0.29) is 4.90 Å². The average molecular weight is 334 g/mol. The SMILES string of the molecule is CCCCCCc1ccc(S(=O)(=O)O)cc1Oc1ccccc1. The third kappa shape index (κ3) is 5.37. The van der Waals surface area contributed by atoms with Crippen molar-refractivity contribution in [3.05, 3.63) is 54.1 Å². The summed E-state index contributed by atoms with van der Waals surface area (Å²) in [6.07, 6.45) is 5.30. The van der Waals surface area contributed by atoms with Gasteiger partial charge in [0.25, 0.3) is 10.1 Å². The minimum Gasteiger partial charge on any atom is -0.457 e. The maximum atomic E-state index is 11.3. The fourth-order valence-corrected chi connectivity index (χ4v) is 2.85. The molecule has 0 aliphatic heterocycles. The Hall–Kier alpha value is -1.85. The maximum Gasteiger partial charge on any atom is 0.294 e. The van der Waals surface area contributed by atoms with Crippen LogP contribution in [0.15, 0.2) is 53.4 Å². The number of unbranched alkanes of at least 4 members (excludes halogenated alkanes) is 3. The first-order valence-corrected chi connectivity index (χ1v) is 9.28. The fraction of sp³-hybridized carbons (Fsp3) is 0.333. The molecule has 5 heteroatoms. The molecule has 1 N–H and O–H groups in total. The summed E-state index contributed by atoms with van der Waals surface area (Å²) in [5.74, 6) is 1.11. The van der Waals surface area contributed by atoms with Crippen LogP contribution in [0.4, 0.5) is 0 Å². The second-order valence-electron chi connectivity index (χ2n) is 5.47. The van der Waals surface area contributed by atoms with Crippen LogP contribution >= 0.6 is 0 Å². The van der Waals surface area contributed by atoms with Crippen molar-refractivity contribution in [1.82, 2.24) is 0 Å². The Morgan fingerprint density at radius 3 is 2.39 bits per heavy atom. The lowest BCUT2D eigenvalue weighted by molar-refractivity contribution is 0.466. The molecule has 0 radical (unpaired) electrons. The largest absolute Gasteiger partial charge is 0.457 e. The van der Waals surface area contributed by atoms with E-state index in [0.717, 1.165) is 31.2 Å². The highest BCUT2D eigenvalue weighted by Gasteiger charge is 2.14. The predicted molar refractivity (Wildman–Crippen MR) is 90.6 cm³/mol. The Kier molecular flexibility index (Phi) is 6.19. The molecule has 0 aliphatic carbocycles. The van der Waals surface area contributed by atoms with Gasteiger partial charge in [0.15, 0.2) is 0 Å². The fourth-order valence-electron chi connectivity index (χ4n) is 2.35. The van der Waals surface area contributed by atoms with Gasteiger partial charge in [-0.25, -0.2) is 0 Å². The number of aryl methyl sites for hydroxylation is 1. The van der Waals surface area contributed by atoms with Crippen LogP contribution in [0.1, 0.15) is 38.2 Å². The molecule has 0 fully saturated rings. The summed E-state index contributed by atoms with van der Waals surface area (Å²) >= 11 is 0. The highest BCUT2D eigenvalue weighted by molar-refractivity contribution is 7.85. The van der Waals surface area contributed by atoms with E-state index in [9.17, 15) is 13.0 Å². The minimum absolute atomic E-state index is 0.152. The van der Waals surface area contributed by atoms with Crippen molar-refractivity contribution in [1.29, 1.82) is 0 Å². The molecule has 4 nitrogen and oxygen atoms in total. The standard InChI is InChI=1S/C18H22O4S/c1-2-3-4-6-9-15-12-13-17(23(19,20)21)14-18(15)22-16-10-7-5-8-11-16/h5,7-8,10-14H,2-4,6,9H2,1H3,(H,19,20,21). The molecule has 23 heavy (non-hydrogen) atoms. The van der Waals surface area contributed by atoms with Crippen LogP contribution < -0.4 is 4.74 Å². The molecule has 0 bridgehead atoms. The van der Waals surface area contributed by atoms with Crippen molar-refractivity contribution in [3.8, 4) is 11.5 Å². The third-order valence-electron chi connectivity index (χ3n) is 3.61. The van der Waals surface area contributed by atoms with Crippen LogP contribution in [-0.2, 0) is 16.5 Å². The van der Waals surface area contributed by atoms with E-state index < -0.39 is 10.1 Å². The number of benzene rings is 2. The molecule has 2 aromatic rings. The molecule has 0 saturated heterocycles. The molecule has 0 spiro atoms. The van der Waals surface area contributed by atoms with E-state index in [2.05, 4.69) is 6.92 Å². The molecule has 0 unspecified atom stereocenters. The van der Waals surface area contributed by atoms with Gasteiger partial charge in [-0.2, -0.15) is 8.42 Å². The first kappa shape index (κ1) is 17.5. The van der Waals surface area contributed by atoms with Crippen molar-refractivity contribution in [2.24, 2.45) is 0 Å². The third-order valence-corrected chi connectivity index (χ3v) is 4.46. The quantitative estimate of drug-likeness (QED) is 0.554. The van der Waals surface area contributed by atoms with Crippen molar-refractivity contribution >= 4 is 10.1 Å². The van der Waals surface area contributed by atoms with Crippen LogP contribution in [0.2, 0.25) is 0 Å². The number of ether oxygens (including phenoxy) is 1. The zero-order chi connectivity index (χ0) is 16.7. The molecule has 0 saturated carbocycles. The number of hydrogen-bond donors (Lipinski definition) is 1. The summed E-state index contributed by atoms with van der Waals surface area (Å²) in [6, 6.07) is 13.7. The molecule has 0 aromatic heterocycles. The van der Waals surface area contributed by atoms with Gasteiger partial charge in [0.05, 0.1) is 4.90 Å². The van der Waals surface area contributed by atoms with Gasteiger partial charge in [0, 0.05) is 6.07 Å². The first-order chi connectivity index (χ1) is 11.0. The molecule has 0 amide bonds. The van der Waals surface area contributed by atoms with Gasteiger partial charge >= 0.3 is 0 Å². The number of para-hydroxylation sites is 1. The zero-order valence-electron chi connectivity index (χ0n) is 13.2. The van der Waals surface area contributed by atoms with Crippen molar-refractivity contribution in [2.75, 3.05) is 0 Å². The minimum atomic E-state index is -4.24. The van der Waals surface area contributed by atoms with Gasteiger partial charge < -0.3 is 4.74 Å². The molecule has 2 aromatic carbocycles. The highest BCUT2D eigenvalue weighted by Crippen LogP contribution is 2.29. The predicted octanol–water partition coefficient (Wildman–Crippen LogP) is 4.85. The van der Waals surface area contributed by atoms with Crippen molar-refractivity contribution in [3.63, 3.8) is 0 Å². The molecule has 0 heterocycles. The van der Waals surface area contributed by atoms with E-state index in [1.54, 1.807) is 18.2 Å². The van der Waals surface area contributed by atoms with Crippen LogP contribution in [0, 0.1) is 0 Å². The molecule has 124 valence electrons. The van der Waals surface area contributed by atoms with Gasteiger partial charge in [-0.05, 0) is 36.6 Å². The monoisotopic (exact) mass is 334 g/mol. The molecule has 0 atom stereocenters. The van der Waals surface area contributed by atoms with Crippen molar-refractivity contribution in [2.45, 2.75) is 43.9 Å². The topological polar surface area (TPSA) is 63.6 Å². The van der Waals surface area contributed by atoms with Gasteiger partial charge in [-0.3, -0.25) is 4.55 Å². The lowest BCUT2D eigenvalue weighted by Gasteiger charge is -2.12. The second-order valence-corrected chi connectivity index (χ2v) is 6.89. The summed E-state index contributed by atoms with van der Waals surface area (Å²) in [6.45, 7) is 2.16. The van der Waals surface area contributed by atoms with Gasteiger partial charge in [-0.1, -0.05) is 50.5 Å². The Bertz CT molecular complexity index is 724. The molecular formula is C18H22O4S. The van der Waals surface area contributed by atoms with Crippen molar-refractivity contribution < 1.29 is 17.7 Å². The highest BCUT2D eigenvalue weighted by atomic mass is 32.2. The summed E-state index contributed by atoms with van der Waals surface area (Å²) in [5, 5.41) is 0. The smallest absolute Gasteiger partial charge is 0.294 e. The summed E-state index contributed by atoms with van der Waals surface area (Å²) in [4.78, 5) is -0.152. The Balaban J connectivity index is 2.25. The van der Waals surface area contributed by atoms with E-state index in [1.807, 2.05) is 18.2 Å². The lowest BCUT2D eigenvalue weighted by atomic mass is 10.1. The molecule has 2 rings (SSSR count). The van der Waals surface area contributed by atoms with E-state index in [1.165, 1.54) is 18.6 Å². The lowest BCUT2D eigenvalue weighted by Crippen LogP contribution is -2.00. The molecule has 0 aliphatic rings. The average Bonchev–Trinajstić information content (AvgIpc) is 2.52. The Morgan fingerprint density at radius 2 is 1.74 bits per heavy atom. The van der Waals surface area contributed by atoms with E-state index >= 15 is 0 Å². The summed E-state index contributed by atoms with van der Waals surface area (Å²) in [5.41, 5.74) is 0.942. The van der Waals surface area contributed by atoms with Gasteiger partial charge in [0.2, 0.25) is 0 Å². The number of rotatable bonds is 8. The van der Waals surface area contributed by atoms with Crippen LogP contribution in [0.5, 0.6) is 11.5 Å².